The fourth-order valence-electron chi connectivity index (χ4n) is 6.42. The normalized spacial score (nSPS) is 24.7. The Bertz CT molecular complexity index is 1430. The van der Waals surface area contributed by atoms with Crippen molar-refractivity contribution in [2.45, 2.75) is 45.2 Å². The molecule has 200 valence electrons. The summed E-state index contributed by atoms with van der Waals surface area (Å²) in [4.78, 5) is 42.3. The Kier molecular flexibility index (Phi) is 5.94. The fraction of sp³-hybridized carbons (Fsp3) is 0.517. The van der Waals surface area contributed by atoms with Gasteiger partial charge in [-0.3, -0.25) is 19.1 Å². The van der Waals surface area contributed by atoms with E-state index in [0.29, 0.717) is 34.9 Å². The van der Waals surface area contributed by atoms with Gasteiger partial charge in [-0.1, -0.05) is 6.92 Å². The van der Waals surface area contributed by atoms with Gasteiger partial charge < -0.3 is 15.1 Å². The van der Waals surface area contributed by atoms with Crippen molar-refractivity contribution in [3.05, 3.63) is 52.4 Å². The molecule has 3 heterocycles. The molecule has 2 aromatic heterocycles. The number of rotatable bonds is 6. The van der Waals surface area contributed by atoms with Gasteiger partial charge in [0.05, 0.1) is 5.54 Å². The number of pyridine rings is 1. The van der Waals surface area contributed by atoms with Crippen molar-refractivity contribution in [1.29, 1.82) is 0 Å². The van der Waals surface area contributed by atoms with E-state index in [1.54, 1.807) is 30.9 Å². The summed E-state index contributed by atoms with van der Waals surface area (Å²) < 4.78 is 1.80. The summed E-state index contributed by atoms with van der Waals surface area (Å²) in [6.07, 6.45) is 3.64. The molecule has 1 N–H and O–H groups in total. The first-order chi connectivity index (χ1) is 18.2. The summed E-state index contributed by atoms with van der Waals surface area (Å²) >= 11 is 0. The SMILES string of the molecule is CC(C)N1CCN(c2ccc(Nc3ncc4cc(C(=O)N(C)C)c(=O)n(C56CC(C5)[C@H]6C)c4n3)cc2)CC1. The van der Waals surface area contributed by atoms with Gasteiger partial charge in [0, 0.05) is 69.3 Å². The molecule has 1 aliphatic heterocycles. The Morgan fingerprint density at radius 1 is 1.11 bits per heavy atom. The van der Waals surface area contributed by atoms with Crippen LogP contribution >= 0.6 is 0 Å². The molecule has 0 radical (unpaired) electrons. The van der Waals surface area contributed by atoms with Gasteiger partial charge in [-0.25, -0.2) is 4.98 Å². The van der Waals surface area contributed by atoms with Crippen LogP contribution in [0.1, 0.15) is 44.0 Å². The van der Waals surface area contributed by atoms with E-state index in [1.165, 1.54) is 10.6 Å². The summed E-state index contributed by atoms with van der Waals surface area (Å²) in [5.41, 5.74) is 2.35. The molecule has 3 aliphatic carbocycles. The summed E-state index contributed by atoms with van der Waals surface area (Å²) in [5, 5.41) is 4.02. The van der Waals surface area contributed by atoms with Crippen LogP contribution < -0.4 is 15.8 Å². The second kappa shape index (κ2) is 9.08. The fourth-order valence-corrected chi connectivity index (χ4v) is 6.42. The maximum atomic E-state index is 13.7. The van der Waals surface area contributed by atoms with E-state index >= 15 is 0 Å². The quantitative estimate of drug-likeness (QED) is 0.538. The van der Waals surface area contributed by atoms with Crippen LogP contribution in [-0.4, -0.2) is 76.6 Å². The predicted molar refractivity (Wildman–Crippen MR) is 150 cm³/mol. The van der Waals surface area contributed by atoms with Crippen LogP contribution in [-0.2, 0) is 5.54 Å². The lowest BCUT2D eigenvalue weighted by Gasteiger charge is -2.68. The molecular weight excluding hydrogens is 478 g/mol. The molecule has 1 amide bonds. The van der Waals surface area contributed by atoms with Crippen LogP contribution in [0, 0.1) is 11.8 Å². The summed E-state index contributed by atoms with van der Waals surface area (Å²) in [5.74, 6) is 1.19. The molecule has 1 saturated heterocycles. The molecule has 0 spiro atoms. The number of anilines is 3. The van der Waals surface area contributed by atoms with Crippen LogP contribution in [0.4, 0.5) is 17.3 Å². The zero-order chi connectivity index (χ0) is 26.8. The van der Waals surface area contributed by atoms with E-state index < -0.39 is 0 Å². The zero-order valence-corrected chi connectivity index (χ0v) is 22.9. The molecule has 0 unspecified atom stereocenters. The number of amides is 1. The van der Waals surface area contributed by atoms with Crippen LogP contribution in [0.5, 0.6) is 0 Å². The van der Waals surface area contributed by atoms with Gasteiger partial charge in [-0.05, 0) is 68.9 Å². The third-order valence-electron chi connectivity index (χ3n) is 9.14. The highest BCUT2D eigenvalue weighted by Crippen LogP contribution is 2.66. The number of carbonyl (C=O) groups excluding carboxylic acids is 1. The average Bonchev–Trinajstić information content (AvgIpc) is 2.89. The predicted octanol–water partition coefficient (Wildman–Crippen LogP) is 3.52. The largest absolute Gasteiger partial charge is 0.369 e. The summed E-state index contributed by atoms with van der Waals surface area (Å²) in [6, 6.07) is 10.6. The van der Waals surface area contributed by atoms with Gasteiger partial charge >= 0.3 is 0 Å². The topological polar surface area (TPSA) is 86.6 Å². The van der Waals surface area contributed by atoms with Crippen molar-refractivity contribution < 1.29 is 4.79 Å². The van der Waals surface area contributed by atoms with Crippen LogP contribution in [0.3, 0.4) is 0 Å². The van der Waals surface area contributed by atoms with Crippen molar-refractivity contribution in [3.63, 3.8) is 0 Å². The molecule has 3 aromatic rings. The molecule has 4 aliphatic rings. The van der Waals surface area contributed by atoms with E-state index in [4.69, 9.17) is 4.98 Å². The lowest BCUT2D eigenvalue weighted by Crippen LogP contribution is -2.69. The maximum Gasteiger partial charge on any atom is 0.265 e. The van der Waals surface area contributed by atoms with Gasteiger partial charge in [0.15, 0.2) is 0 Å². The maximum absolute atomic E-state index is 13.7. The smallest absolute Gasteiger partial charge is 0.265 e. The number of fused-ring (bicyclic) bond motifs is 1. The Labute approximate surface area is 223 Å². The molecule has 9 heteroatoms. The average molecular weight is 516 g/mol. The molecule has 1 aromatic carbocycles. The second-order valence-electron chi connectivity index (χ2n) is 11.7. The first-order valence-corrected chi connectivity index (χ1v) is 13.7. The molecule has 4 fully saturated rings. The third kappa shape index (κ3) is 3.86. The first-order valence-electron chi connectivity index (χ1n) is 13.7. The van der Waals surface area contributed by atoms with Gasteiger partial charge in [0.1, 0.15) is 11.2 Å². The van der Waals surface area contributed by atoms with E-state index in [1.807, 2.05) is 12.1 Å². The first kappa shape index (κ1) is 24.9. The molecule has 1 atom stereocenters. The number of nitrogens with zero attached hydrogens (tertiary/aromatic N) is 6. The van der Waals surface area contributed by atoms with E-state index in [9.17, 15) is 9.59 Å². The van der Waals surface area contributed by atoms with Crippen LogP contribution in [0.15, 0.2) is 41.3 Å². The monoisotopic (exact) mass is 515 g/mol. The third-order valence-corrected chi connectivity index (χ3v) is 9.14. The molecular formula is C29H37N7O2. The van der Waals surface area contributed by atoms with Crippen molar-refractivity contribution in [2.75, 3.05) is 50.5 Å². The highest BCUT2D eigenvalue weighted by molar-refractivity contribution is 5.96. The number of hydrogen-bond acceptors (Lipinski definition) is 7. The Morgan fingerprint density at radius 2 is 1.79 bits per heavy atom. The van der Waals surface area contributed by atoms with Crippen molar-refractivity contribution in [3.8, 4) is 0 Å². The number of hydrogen-bond donors (Lipinski definition) is 1. The summed E-state index contributed by atoms with van der Waals surface area (Å²) in [6.45, 7) is 10.9. The van der Waals surface area contributed by atoms with E-state index in [0.717, 1.165) is 44.7 Å². The molecule has 2 bridgehead atoms. The zero-order valence-electron chi connectivity index (χ0n) is 22.9. The number of piperazine rings is 1. The van der Waals surface area contributed by atoms with Gasteiger partial charge in [-0.2, -0.15) is 4.98 Å². The van der Waals surface area contributed by atoms with Crippen molar-refractivity contribution in [2.24, 2.45) is 11.8 Å². The standard InChI is InChI=1S/C29H37N7O2/c1-18(2)34-10-12-35(13-11-34)23-8-6-22(7-9-23)31-28-30-17-20-14-24(26(37)33(4)5)27(38)36(25(20)32-28)29-15-21(16-29)19(29)3/h6-9,14,17-19,21H,10-13,15-16H2,1-5H3,(H,30,31,32)/t19-,21?,29?/m1/s1. The Hall–Kier alpha value is -3.46. The summed E-state index contributed by atoms with van der Waals surface area (Å²) in [7, 11) is 3.33. The number of nitrogens with one attached hydrogen (secondary N) is 1. The molecule has 9 nitrogen and oxygen atoms in total. The minimum atomic E-state index is -0.294. The molecule has 38 heavy (non-hydrogen) atoms. The van der Waals surface area contributed by atoms with Gasteiger partial charge in [-0.15, -0.1) is 0 Å². The molecule has 7 rings (SSSR count). The number of benzene rings is 1. The highest BCUT2D eigenvalue weighted by atomic mass is 16.2. The van der Waals surface area contributed by atoms with E-state index in [2.05, 4.69) is 53.0 Å². The highest BCUT2D eigenvalue weighted by Gasteiger charge is 2.65. The minimum Gasteiger partial charge on any atom is -0.369 e. The van der Waals surface area contributed by atoms with Crippen LogP contribution in [0.25, 0.3) is 11.0 Å². The van der Waals surface area contributed by atoms with Gasteiger partial charge in [0.25, 0.3) is 11.5 Å². The number of aromatic nitrogens is 3. The van der Waals surface area contributed by atoms with Crippen molar-refractivity contribution >= 4 is 34.3 Å². The van der Waals surface area contributed by atoms with Crippen LogP contribution in [0.2, 0.25) is 0 Å². The molecule has 3 saturated carbocycles. The van der Waals surface area contributed by atoms with E-state index in [-0.39, 0.29) is 22.6 Å². The van der Waals surface area contributed by atoms with Gasteiger partial charge in [0.2, 0.25) is 5.95 Å². The minimum absolute atomic E-state index is 0.175. The Balaban J connectivity index is 1.29. The number of carbonyl (C=O) groups is 1. The lowest BCUT2D eigenvalue weighted by atomic mass is 9.42. The second-order valence-corrected chi connectivity index (χ2v) is 11.7. The lowest BCUT2D eigenvalue weighted by molar-refractivity contribution is -0.162. The van der Waals surface area contributed by atoms with Crippen molar-refractivity contribution in [1.82, 2.24) is 24.3 Å². The Morgan fingerprint density at radius 3 is 2.34 bits per heavy atom.